The van der Waals surface area contributed by atoms with Gasteiger partial charge in [-0.15, -0.1) is 12.6 Å². The molecule has 0 aliphatic carbocycles. The van der Waals surface area contributed by atoms with Gasteiger partial charge in [0.05, 0.1) is 11.4 Å². The molecule has 0 saturated carbocycles. The van der Waals surface area contributed by atoms with Crippen LogP contribution in [0.4, 0.5) is 17.1 Å². The van der Waals surface area contributed by atoms with E-state index in [0.717, 1.165) is 22.0 Å². The molecule has 0 saturated heterocycles. The lowest BCUT2D eigenvalue weighted by Crippen LogP contribution is -1.80. The van der Waals surface area contributed by atoms with Crippen LogP contribution in [-0.4, -0.2) is 0 Å². The van der Waals surface area contributed by atoms with Crippen molar-refractivity contribution in [3.05, 3.63) is 48.5 Å². The maximum absolute atomic E-state index is 5.57. The Kier molecular flexibility index (Phi) is 3.22. The van der Waals surface area contributed by atoms with Crippen molar-refractivity contribution >= 4 is 29.7 Å². The van der Waals surface area contributed by atoms with Gasteiger partial charge in [-0.05, 0) is 48.5 Å². The third-order valence-corrected chi connectivity index (χ3v) is 2.32. The number of nitrogens with zero attached hydrogens (tertiary/aromatic N) is 2. The number of thiol groups is 1. The lowest BCUT2D eigenvalue weighted by Gasteiger charge is -1.95. The Labute approximate surface area is 99.4 Å². The molecule has 0 aliphatic heterocycles. The molecule has 0 amide bonds. The molecular formula is C12H11N3S. The van der Waals surface area contributed by atoms with Gasteiger partial charge in [-0.3, -0.25) is 0 Å². The van der Waals surface area contributed by atoms with Crippen LogP contribution in [0.15, 0.2) is 63.7 Å². The van der Waals surface area contributed by atoms with Gasteiger partial charge >= 0.3 is 0 Å². The topological polar surface area (TPSA) is 50.7 Å². The van der Waals surface area contributed by atoms with Gasteiger partial charge in [-0.25, -0.2) is 0 Å². The van der Waals surface area contributed by atoms with Crippen LogP contribution >= 0.6 is 12.6 Å². The summed E-state index contributed by atoms with van der Waals surface area (Å²) in [7, 11) is 0. The van der Waals surface area contributed by atoms with Crippen LogP contribution in [-0.2, 0) is 0 Å². The number of nitrogens with two attached hydrogens (primary N) is 1. The molecule has 0 fully saturated rings. The summed E-state index contributed by atoms with van der Waals surface area (Å²) in [4.78, 5) is 0.909. The van der Waals surface area contributed by atoms with Gasteiger partial charge in [0.2, 0.25) is 0 Å². The largest absolute Gasteiger partial charge is 0.399 e. The van der Waals surface area contributed by atoms with Gasteiger partial charge < -0.3 is 5.73 Å². The highest BCUT2D eigenvalue weighted by Gasteiger charge is 1.91. The van der Waals surface area contributed by atoms with Crippen molar-refractivity contribution in [2.24, 2.45) is 10.2 Å². The quantitative estimate of drug-likeness (QED) is 0.457. The highest BCUT2D eigenvalue weighted by Crippen LogP contribution is 2.20. The van der Waals surface area contributed by atoms with E-state index in [1.54, 1.807) is 12.1 Å². The molecule has 3 nitrogen and oxygen atoms in total. The van der Waals surface area contributed by atoms with Gasteiger partial charge in [0, 0.05) is 10.6 Å². The van der Waals surface area contributed by atoms with Crippen molar-refractivity contribution in [3.63, 3.8) is 0 Å². The highest BCUT2D eigenvalue weighted by atomic mass is 32.1. The first-order valence-electron chi connectivity index (χ1n) is 4.80. The SMILES string of the molecule is Nc1ccc(N=Nc2ccc(S)cc2)cc1. The number of nitrogen functional groups attached to an aromatic ring is 1. The smallest absolute Gasteiger partial charge is 0.0858 e. The summed E-state index contributed by atoms with van der Waals surface area (Å²) < 4.78 is 0. The maximum atomic E-state index is 5.57. The fourth-order valence-corrected chi connectivity index (χ4v) is 1.32. The van der Waals surface area contributed by atoms with E-state index in [2.05, 4.69) is 22.9 Å². The molecule has 2 aromatic rings. The fourth-order valence-electron chi connectivity index (χ4n) is 1.18. The summed E-state index contributed by atoms with van der Waals surface area (Å²) in [5, 5.41) is 8.19. The molecule has 4 heteroatoms. The van der Waals surface area contributed by atoms with Crippen LogP contribution in [0.1, 0.15) is 0 Å². The number of anilines is 1. The third kappa shape index (κ3) is 2.84. The van der Waals surface area contributed by atoms with Crippen LogP contribution in [0.25, 0.3) is 0 Å². The standard InChI is InChI=1S/C12H11N3S/c13-9-1-3-10(4-2-9)14-15-11-5-7-12(16)8-6-11/h1-8,16H,13H2. The summed E-state index contributed by atoms with van der Waals surface area (Å²) >= 11 is 4.19. The molecule has 0 heterocycles. The molecule has 0 aromatic heterocycles. The minimum atomic E-state index is 0.721. The molecule has 2 aromatic carbocycles. The van der Waals surface area contributed by atoms with Crippen molar-refractivity contribution in [2.75, 3.05) is 5.73 Å². The van der Waals surface area contributed by atoms with Gasteiger partial charge in [0.1, 0.15) is 0 Å². The number of rotatable bonds is 2. The zero-order chi connectivity index (χ0) is 11.4. The third-order valence-electron chi connectivity index (χ3n) is 2.02. The molecule has 0 bridgehead atoms. The number of azo groups is 1. The van der Waals surface area contributed by atoms with Crippen molar-refractivity contribution < 1.29 is 0 Å². The van der Waals surface area contributed by atoms with Crippen molar-refractivity contribution in [3.8, 4) is 0 Å². The minimum absolute atomic E-state index is 0.721. The molecule has 0 radical (unpaired) electrons. The Morgan fingerprint density at radius 1 is 0.750 bits per heavy atom. The maximum Gasteiger partial charge on any atom is 0.0858 e. The average molecular weight is 229 g/mol. The van der Waals surface area contributed by atoms with Crippen molar-refractivity contribution in [1.29, 1.82) is 0 Å². The summed E-state index contributed by atoms with van der Waals surface area (Å²) in [6.07, 6.45) is 0. The molecule has 16 heavy (non-hydrogen) atoms. The Balaban J connectivity index is 2.15. The van der Waals surface area contributed by atoms with Gasteiger partial charge in [0.25, 0.3) is 0 Å². The summed E-state index contributed by atoms with van der Waals surface area (Å²) in [5.41, 5.74) is 7.87. The Morgan fingerprint density at radius 3 is 1.69 bits per heavy atom. The monoisotopic (exact) mass is 229 g/mol. The normalized spacial score (nSPS) is 10.8. The van der Waals surface area contributed by atoms with E-state index in [1.165, 1.54) is 0 Å². The Morgan fingerprint density at radius 2 is 1.19 bits per heavy atom. The molecule has 0 spiro atoms. The van der Waals surface area contributed by atoms with Crippen LogP contribution in [0.5, 0.6) is 0 Å². The van der Waals surface area contributed by atoms with Crippen molar-refractivity contribution in [2.45, 2.75) is 4.90 Å². The first-order valence-corrected chi connectivity index (χ1v) is 5.25. The van der Waals surface area contributed by atoms with E-state index in [-0.39, 0.29) is 0 Å². The molecule has 2 N–H and O–H groups in total. The number of benzene rings is 2. The predicted octanol–water partition coefficient (Wildman–Crippen LogP) is 3.97. The number of hydrogen-bond donors (Lipinski definition) is 2. The summed E-state index contributed by atoms with van der Waals surface area (Å²) in [6, 6.07) is 14.7. The molecule has 80 valence electrons. The second-order valence-corrected chi connectivity index (χ2v) is 3.82. The zero-order valence-electron chi connectivity index (χ0n) is 8.54. The minimum Gasteiger partial charge on any atom is -0.399 e. The van der Waals surface area contributed by atoms with E-state index in [1.807, 2.05) is 36.4 Å². The molecule has 0 unspecified atom stereocenters. The second kappa shape index (κ2) is 4.81. The van der Waals surface area contributed by atoms with Crippen LogP contribution in [0, 0.1) is 0 Å². The molecule has 0 atom stereocenters. The van der Waals surface area contributed by atoms with E-state index < -0.39 is 0 Å². The predicted molar refractivity (Wildman–Crippen MR) is 68.7 cm³/mol. The van der Waals surface area contributed by atoms with Gasteiger partial charge in [0.15, 0.2) is 0 Å². The second-order valence-electron chi connectivity index (χ2n) is 3.31. The fraction of sp³-hybridized carbons (Fsp3) is 0. The Bertz CT molecular complexity index is 441. The van der Waals surface area contributed by atoms with E-state index in [4.69, 9.17) is 5.73 Å². The first kappa shape index (κ1) is 10.7. The Hall–Kier alpha value is -1.81. The molecule has 0 aliphatic rings. The van der Waals surface area contributed by atoms with Gasteiger partial charge in [-0.1, -0.05) is 0 Å². The van der Waals surface area contributed by atoms with E-state index in [9.17, 15) is 0 Å². The lowest BCUT2D eigenvalue weighted by molar-refractivity contribution is 1.22. The average Bonchev–Trinajstić information content (AvgIpc) is 2.30. The molecule has 2 rings (SSSR count). The highest BCUT2D eigenvalue weighted by molar-refractivity contribution is 7.80. The van der Waals surface area contributed by atoms with E-state index in [0.29, 0.717) is 0 Å². The van der Waals surface area contributed by atoms with Gasteiger partial charge in [-0.2, -0.15) is 10.2 Å². The first-order chi connectivity index (χ1) is 7.74. The van der Waals surface area contributed by atoms with Crippen LogP contribution in [0.2, 0.25) is 0 Å². The zero-order valence-corrected chi connectivity index (χ0v) is 9.43. The lowest BCUT2D eigenvalue weighted by atomic mass is 10.3. The van der Waals surface area contributed by atoms with Crippen LogP contribution in [0.3, 0.4) is 0 Å². The molecular weight excluding hydrogens is 218 g/mol. The summed E-state index contributed by atoms with van der Waals surface area (Å²) in [5.74, 6) is 0. The summed E-state index contributed by atoms with van der Waals surface area (Å²) in [6.45, 7) is 0. The number of hydrogen-bond acceptors (Lipinski definition) is 4. The van der Waals surface area contributed by atoms with Crippen LogP contribution < -0.4 is 5.73 Å². The van der Waals surface area contributed by atoms with E-state index >= 15 is 0 Å². The van der Waals surface area contributed by atoms with Crippen molar-refractivity contribution in [1.82, 2.24) is 0 Å².